The first kappa shape index (κ1) is 17.1. The van der Waals surface area contributed by atoms with E-state index in [0.29, 0.717) is 39.4 Å². The molecule has 0 fully saturated rings. The van der Waals surface area contributed by atoms with Crippen LogP contribution < -0.4 is 0 Å². The molecule has 124 valence electrons. The lowest BCUT2D eigenvalue weighted by molar-refractivity contribution is 0.0665. The zero-order valence-corrected chi connectivity index (χ0v) is 14.3. The summed E-state index contributed by atoms with van der Waals surface area (Å²) in [5.41, 5.74) is 1.56. The highest BCUT2D eigenvalue weighted by molar-refractivity contribution is 6.48. The summed E-state index contributed by atoms with van der Waals surface area (Å²) in [4.78, 5) is 10.9. The summed E-state index contributed by atoms with van der Waals surface area (Å²) in [5, 5.41) is 10.3. The second-order valence-electron chi connectivity index (χ2n) is 5.27. The van der Waals surface area contributed by atoms with E-state index in [-0.39, 0.29) is 10.8 Å². The maximum atomic E-state index is 14.2. The first-order valence-corrected chi connectivity index (χ1v) is 8.07. The van der Waals surface area contributed by atoms with E-state index in [9.17, 15) is 9.18 Å². The Balaban J connectivity index is 1.87. The van der Waals surface area contributed by atoms with Crippen molar-refractivity contribution in [1.29, 1.82) is 0 Å². The van der Waals surface area contributed by atoms with Crippen LogP contribution in [-0.2, 0) is 12.8 Å². The van der Waals surface area contributed by atoms with Gasteiger partial charge in [-0.15, -0.1) is 0 Å². The van der Waals surface area contributed by atoms with E-state index in [1.807, 2.05) is 0 Å². The second kappa shape index (κ2) is 6.63. The lowest BCUT2D eigenvalue weighted by Gasteiger charge is -2.07. The molecule has 7 heteroatoms. The predicted molar refractivity (Wildman–Crippen MR) is 92.0 cm³/mol. The topological polar surface area (TPSA) is 50.4 Å². The van der Waals surface area contributed by atoms with Crippen LogP contribution in [0.3, 0.4) is 0 Å². The molecule has 3 aromatic rings. The minimum Gasteiger partial charge on any atom is -0.475 e. The first-order valence-electron chi connectivity index (χ1n) is 6.94. The summed E-state index contributed by atoms with van der Waals surface area (Å²) in [5.74, 6) is -1.84. The molecule has 0 saturated heterocycles. The summed E-state index contributed by atoms with van der Waals surface area (Å²) in [7, 11) is 0. The smallest absolute Gasteiger partial charge is 0.371 e. The van der Waals surface area contributed by atoms with Crippen molar-refractivity contribution in [1.82, 2.24) is 0 Å². The number of carboxylic acid groups (broad SMARTS) is 1. The molecule has 0 unspecified atom stereocenters. The van der Waals surface area contributed by atoms with Crippen LogP contribution in [0.4, 0.5) is 4.39 Å². The van der Waals surface area contributed by atoms with Crippen LogP contribution >= 0.6 is 34.8 Å². The van der Waals surface area contributed by atoms with Crippen molar-refractivity contribution in [3.05, 3.63) is 68.1 Å². The fraction of sp³-hybridized carbons (Fsp3) is 0.118. The van der Waals surface area contributed by atoms with Gasteiger partial charge in [0.2, 0.25) is 5.76 Å². The van der Waals surface area contributed by atoms with Crippen LogP contribution in [0.2, 0.25) is 15.1 Å². The molecule has 3 nitrogen and oxygen atoms in total. The lowest BCUT2D eigenvalue weighted by atomic mass is 10.0. The number of hydrogen-bond donors (Lipinski definition) is 1. The molecule has 0 amide bonds. The van der Waals surface area contributed by atoms with Crippen LogP contribution in [-0.4, -0.2) is 11.1 Å². The fourth-order valence-corrected chi connectivity index (χ4v) is 3.07. The Kier molecular flexibility index (Phi) is 4.72. The van der Waals surface area contributed by atoms with E-state index in [4.69, 9.17) is 44.3 Å². The Morgan fingerprint density at radius 2 is 1.71 bits per heavy atom. The van der Waals surface area contributed by atoms with Crippen molar-refractivity contribution in [3.63, 3.8) is 0 Å². The molecule has 0 aliphatic carbocycles. The minimum atomic E-state index is -1.20. The molecule has 24 heavy (non-hydrogen) atoms. The van der Waals surface area contributed by atoms with E-state index >= 15 is 0 Å². The number of rotatable bonds is 4. The normalized spacial score (nSPS) is 11.2. The summed E-state index contributed by atoms with van der Waals surface area (Å²) < 4.78 is 19.4. The summed E-state index contributed by atoms with van der Waals surface area (Å²) >= 11 is 17.9. The van der Waals surface area contributed by atoms with Gasteiger partial charge in [-0.2, -0.15) is 0 Å². The largest absolute Gasteiger partial charge is 0.475 e. The van der Waals surface area contributed by atoms with E-state index in [0.717, 1.165) is 5.56 Å². The Hall–Kier alpha value is -1.75. The molecule has 1 N–H and O–H groups in total. The van der Waals surface area contributed by atoms with Gasteiger partial charge < -0.3 is 9.52 Å². The lowest BCUT2D eigenvalue weighted by Crippen LogP contribution is -1.95. The van der Waals surface area contributed by atoms with Crippen LogP contribution in [0.5, 0.6) is 0 Å². The number of halogens is 4. The van der Waals surface area contributed by atoms with Crippen LogP contribution in [0, 0.1) is 5.82 Å². The Morgan fingerprint density at radius 1 is 1.04 bits per heavy atom. The van der Waals surface area contributed by atoms with Crippen LogP contribution in [0.25, 0.3) is 11.0 Å². The molecule has 2 aromatic carbocycles. The molecule has 0 spiro atoms. The maximum Gasteiger partial charge on any atom is 0.371 e. The number of aromatic carboxylic acids is 1. The molecular weight excluding hydrogens is 378 g/mol. The van der Waals surface area contributed by atoms with Crippen molar-refractivity contribution >= 4 is 51.7 Å². The summed E-state index contributed by atoms with van der Waals surface area (Å²) in [6, 6.07) is 7.44. The highest BCUT2D eigenvalue weighted by Gasteiger charge is 2.14. The summed E-state index contributed by atoms with van der Waals surface area (Å²) in [6.07, 6.45) is 0.866. The Bertz CT molecular complexity index is 927. The Labute approximate surface area is 151 Å². The molecule has 0 saturated carbocycles. The van der Waals surface area contributed by atoms with Gasteiger partial charge in [0.05, 0.1) is 15.1 Å². The number of carboxylic acids is 1. The van der Waals surface area contributed by atoms with E-state index in [2.05, 4.69) is 0 Å². The number of furan rings is 1. The van der Waals surface area contributed by atoms with Gasteiger partial charge in [-0.1, -0.05) is 34.8 Å². The van der Waals surface area contributed by atoms with Gasteiger partial charge in [-0.25, -0.2) is 9.18 Å². The van der Waals surface area contributed by atoms with Gasteiger partial charge in [0.25, 0.3) is 0 Å². The molecular formula is C17H10Cl3FO3. The third-order valence-electron chi connectivity index (χ3n) is 3.62. The van der Waals surface area contributed by atoms with Gasteiger partial charge in [0.15, 0.2) is 0 Å². The molecule has 0 radical (unpaired) electrons. The van der Waals surface area contributed by atoms with Crippen LogP contribution in [0.1, 0.15) is 21.7 Å². The van der Waals surface area contributed by atoms with Gasteiger partial charge in [-0.05, 0) is 54.3 Å². The van der Waals surface area contributed by atoms with Gasteiger partial charge in [-0.3, -0.25) is 0 Å². The highest BCUT2D eigenvalue weighted by atomic mass is 35.5. The van der Waals surface area contributed by atoms with Crippen molar-refractivity contribution in [3.8, 4) is 0 Å². The molecule has 0 aliphatic rings. The third kappa shape index (κ3) is 3.36. The first-order chi connectivity index (χ1) is 11.3. The number of hydrogen-bond acceptors (Lipinski definition) is 2. The van der Waals surface area contributed by atoms with E-state index in [1.165, 1.54) is 18.2 Å². The van der Waals surface area contributed by atoms with Crippen molar-refractivity contribution < 1.29 is 18.7 Å². The number of aryl methyl sites for hydroxylation is 2. The Morgan fingerprint density at radius 3 is 2.33 bits per heavy atom. The predicted octanol–water partition coefficient (Wildman–Crippen LogP) is 6.02. The number of benzene rings is 2. The second-order valence-corrected chi connectivity index (χ2v) is 6.46. The molecule has 0 atom stereocenters. The van der Waals surface area contributed by atoms with E-state index < -0.39 is 11.8 Å². The quantitative estimate of drug-likeness (QED) is 0.557. The highest BCUT2D eigenvalue weighted by Crippen LogP contribution is 2.32. The standard InChI is InChI=1S/C17H10Cl3FO3/c18-11-3-8(4-12(19)16(11)20)1-2-9-6-14-10(5-13(9)21)7-15(24-14)17(22)23/h3-7H,1-2H2,(H,22,23). The van der Waals surface area contributed by atoms with Gasteiger partial charge >= 0.3 is 5.97 Å². The maximum absolute atomic E-state index is 14.2. The average molecular weight is 388 g/mol. The zero-order chi connectivity index (χ0) is 17.4. The van der Waals surface area contributed by atoms with E-state index in [1.54, 1.807) is 12.1 Å². The van der Waals surface area contributed by atoms with Crippen molar-refractivity contribution in [2.24, 2.45) is 0 Å². The van der Waals surface area contributed by atoms with Gasteiger partial charge in [0, 0.05) is 5.39 Å². The minimum absolute atomic E-state index is 0.224. The van der Waals surface area contributed by atoms with Crippen LogP contribution in [0.15, 0.2) is 34.7 Å². The van der Waals surface area contributed by atoms with Crippen molar-refractivity contribution in [2.75, 3.05) is 0 Å². The molecule has 1 heterocycles. The number of carbonyl (C=O) groups is 1. The summed E-state index contributed by atoms with van der Waals surface area (Å²) in [6.45, 7) is 0. The molecule has 1 aromatic heterocycles. The number of fused-ring (bicyclic) bond motifs is 1. The fourth-order valence-electron chi connectivity index (χ4n) is 2.43. The third-order valence-corrected chi connectivity index (χ3v) is 4.82. The zero-order valence-electron chi connectivity index (χ0n) is 12.1. The SMILES string of the molecule is O=C(O)c1cc2cc(F)c(CCc3cc(Cl)c(Cl)c(Cl)c3)cc2o1. The van der Waals surface area contributed by atoms with Gasteiger partial charge in [0.1, 0.15) is 11.4 Å². The molecule has 0 bridgehead atoms. The monoisotopic (exact) mass is 386 g/mol. The molecule has 3 rings (SSSR count). The average Bonchev–Trinajstić information content (AvgIpc) is 2.93. The van der Waals surface area contributed by atoms with Crippen molar-refractivity contribution in [2.45, 2.75) is 12.8 Å². The molecule has 0 aliphatic heterocycles.